The molecular formula is C15H21NO4. The number of hydrogen-bond acceptors (Lipinski definition) is 3. The third kappa shape index (κ3) is 4.35. The van der Waals surface area contributed by atoms with Gasteiger partial charge in [0.05, 0.1) is 13.0 Å². The highest BCUT2D eigenvalue weighted by Gasteiger charge is 2.21. The molecule has 5 heteroatoms. The summed E-state index contributed by atoms with van der Waals surface area (Å²) in [6, 6.07) is 7.17. The first-order valence-corrected chi connectivity index (χ1v) is 6.57. The van der Waals surface area contributed by atoms with Gasteiger partial charge in [0, 0.05) is 25.3 Å². The number of carboxylic acid groups (broad SMARTS) is 1. The first-order valence-electron chi connectivity index (χ1n) is 6.57. The predicted molar refractivity (Wildman–Crippen MR) is 75.6 cm³/mol. The van der Waals surface area contributed by atoms with Crippen LogP contribution in [0, 0.1) is 0 Å². The lowest BCUT2D eigenvalue weighted by Gasteiger charge is -2.27. The number of carboxylic acids is 1. The first kappa shape index (κ1) is 16.2. The highest BCUT2D eigenvalue weighted by atomic mass is 16.5. The number of rotatable bonds is 7. The smallest absolute Gasteiger partial charge is 0.305 e. The summed E-state index contributed by atoms with van der Waals surface area (Å²) in [6.45, 7) is 4.30. The van der Waals surface area contributed by atoms with Crippen LogP contribution in [0.25, 0.3) is 0 Å². The van der Waals surface area contributed by atoms with Gasteiger partial charge in [0.15, 0.2) is 0 Å². The fourth-order valence-electron chi connectivity index (χ4n) is 1.98. The van der Waals surface area contributed by atoms with Crippen molar-refractivity contribution < 1.29 is 19.4 Å². The molecule has 0 heterocycles. The Hall–Kier alpha value is -1.88. The van der Waals surface area contributed by atoms with E-state index in [9.17, 15) is 9.59 Å². The summed E-state index contributed by atoms with van der Waals surface area (Å²) in [5.74, 6) is -1.07. The number of methoxy groups -OCH3 is 1. The molecule has 1 aromatic carbocycles. The Labute approximate surface area is 119 Å². The molecule has 110 valence electrons. The largest absolute Gasteiger partial charge is 0.481 e. The fraction of sp³-hybridized carbons (Fsp3) is 0.467. The summed E-state index contributed by atoms with van der Waals surface area (Å²) >= 11 is 0. The van der Waals surface area contributed by atoms with Crippen molar-refractivity contribution in [2.75, 3.05) is 13.7 Å². The molecule has 0 aliphatic heterocycles. The lowest BCUT2D eigenvalue weighted by molar-refractivity contribution is -0.137. The van der Waals surface area contributed by atoms with E-state index in [1.54, 1.807) is 24.1 Å². The molecule has 0 saturated carbocycles. The molecule has 0 radical (unpaired) electrons. The van der Waals surface area contributed by atoms with Crippen molar-refractivity contribution in [1.82, 2.24) is 4.90 Å². The van der Waals surface area contributed by atoms with Crippen LogP contribution in [0.1, 0.15) is 36.2 Å². The molecule has 20 heavy (non-hydrogen) atoms. The highest BCUT2D eigenvalue weighted by molar-refractivity contribution is 5.96. The standard InChI is InChI=1S/C15H21NO4/c1-11(2)16(9-8-14(17)18)15(19)13-7-5-4-6-12(13)10-20-3/h4-7,11H,8-10H2,1-3H3,(H,17,18). The molecule has 1 N–H and O–H groups in total. The fourth-order valence-corrected chi connectivity index (χ4v) is 1.98. The SMILES string of the molecule is COCc1ccccc1C(=O)N(CCC(=O)O)C(C)C. The first-order chi connectivity index (χ1) is 9.47. The summed E-state index contributed by atoms with van der Waals surface area (Å²) in [7, 11) is 1.58. The summed E-state index contributed by atoms with van der Waals surface area (Å²) < 4.78 is 5.09. The van der Waals surface area contributed by atoms with E-state index >= 15 is 0 Å². The van der Waals surface area contributed by atoms with Gasteiger partial charge in [-0.25, -0.2) is 0 Å². The molecule has 0 unspecified atom stereocenters. The zero-order valence-electron chi connectivity index (χ0n) is 12.1. The number of nitrogens with zero attached hydrogens (tertiary/aromatic N) is 1. The van der Waals surface area contributed by atoms with E-state index in [2.05, 4.69) is 0 Å². The molecule has 5 nitrogen and oxygen atoms in total. The van der Waals surface area contributed by atoms with Gasteiger partial charge < -0.3 is 14.7 Å². The lowest BCUT2D eigenvalue weighted by atomic mass is 10.1. The summed E-state index contributed by atoms with van der Waals surface area (Å²) in [4.78, 5) is 24.8. The van der Waals surface area contributed by atoms with Crippen molar-refractivity contribution in [2.45, 2.75) is 32.9 Å². The Bertz CT molecular complexity index is 471. The zero-order chi connectivity index (χ0) is 15.1. The number of amides is 1. The molecule has 0 fully saturated rings. The van der Waals surface area contributed by atoms with E-state index in [-0.39, 0.29) is 24.9 Å². The maximum atomic E-state index is 12.6. The van der Waals surface area contributed by atoms with E-state index in [0.29, 0.717) is 12.2 Å². The van der Waals surface area contributed by atoms with Gasteiger partial charge in [-0.15, -0.1) is 0 Å². The van der Waals surface area contributed by atoms with Gasteiger partial charge in [-0.2, -0.15) is 0 Å². The minimum absolute atomic E-state index is 0.0579. The number of carbonyl (C=O) groups excluding carboxylic acids is 1. The second kappa shape index (κ2) is 7.65. The maximum absolute atomic E-state index is 12.6. The third-order valence-corrected chi connectivity index (χ3v) is 3.00. The Balaban J connectivity index is 2.97. The van der Waals surface area contributed by atoms with Gasteiger partial charge >= 0.3 is 5.97 Å². The topological polar surface area (TPSA) is 66.8 Å². The van der Waals surface area contributed by atoms with Crippen molar-refractivity contribution >= 4 is 11.9 Å². The number of hydrogen-bond donors (Lipinski definition) is 1. The molecule has 0 bridgehead atoms. The molecule has 0 aromatic heterocycles. The van der Waals surface area contributed by atoms with E-state index in [4.69, 9.17) is 9.84 Å². The average Bonchev–Trinajstić information content (AvgIpc) is 2.39. The Morgan fingerprint density at radius 2 is 1.95 bits per heavy atom. The van der Waals surface area contributed by atoms with Gasteiger partial charge in [0.25, 0.3) is 5.91 Å². The van der Waals surface area contributed by atoms with Crippen LogP contribution in [0.3, 0.4) is 0 Å². The normalized spacial score (nSPS) is 10.6. The van der Waals surface area contributed by atoms with Gasteiger partial charge in [0.1, 0.15) is 0 Å². The number of carbonyl (C=O) groups is 2. The minimum atomic E-state index is -0.909. The van der Waals surface area contributed by atoms with E-state index < -0.39 is 5.97 Å². The van der Waals surface area contributed by atoms with Gasteiger partial charge in [0.2, 0.25) is 0 Å². The highest BCUT2D eigenvalue weighted by Crippen LogP contribution is 2.15. The Morgan fingerprint density at radius 3 is 2.50 bits per heavy atom. The van der Waals surface area contributed by atoms with Crippen molar-refractivity contribution in [3.05, 3.63) is 35.4 Å². The second-order valence-corrected chi connectivity index (χ2v) is 4.83. The number of aliphatic carboxylic acids is 1. The number of benzene rings is 1. The van der Waals surface area contributed by atoms with Crippen molar-refractivity contribution in [2.24, 2.45) is 0 Å². The van der Waals surface area contributed by atoms with Crippen LogP contribution in [0.15, 0.2) is 24.3 Å². The van der Waals surface area contributed by atoms with Gasteiger partial charge in [-0.3, -0.25) is 9.59 Å². The van der Waals surface area contributed by atoms with Crippen LogP contribution in [0.2, 0.25) is 0 Å². The monoisotopic (exact) mass is 279 g/mol. The van der Waals surface area contributed by atoms with Crippen molar-refractivity contribution in [3.8, 4) is 0 Å². The van der Waals surface area contributed by atoms with Crippen LogP contribution in [-0.2, 0) is 16.1 Å². The van der Waals surface area contributed by atoms with E-state index in [1.807, 2.05) is 26.0 Å². The molecular weight excluding hydrogens is 258 g/mol. The lowest BCUT2D eigenvalue weighted by Crippen LogP contribution is -2.39. The molecule has 0 atom stereocenters. The molecule has 1 aromatic rings. The van der Waals surface area contributed by atoms with Gasteiger partial charge in [-0.05, 0) is 25.5 Å². The molecule has 1 amide bonds. The molecule has 0 spiro atoms. The van der Waals surface area contributed by atoms with Crippen LogP contribution < -0.4 is 0 Å². The Kier molecular flexibility index (Phi) is 6.18. The minimum Gasteiger partial charge on any atom is -0.481 e. The summed E-state index contributed by atoms with van der Waals surface area (Å²) in [5, 5.41) is 8.78. The third-order valence-electron chi connectivity index (χ3n) is 3.00. The van der Waals surface area contributed by atoms with Crippen molar-refractivity contribution in [1.29, 1.82) is 0 Å². The van der Waals surface area contributed by atoms with E-state index in [1.165, 1.54) is 0 Å². The maximum Gasteiger partial charge on any atom is 0.305 e. The van der Waals surface area contributed by atoms with Crippen LogP contribution in [-0.4, -0.2) is 41.6 Å². The molecule has 0 aliphatic rings. The van der Waals surface area contributed by atoms with Crippen molar-refractivity contribution in [3.63, 3.8) is 0 Å². The summed E-state index contributed by atoms with van der Waals surface area (Å²) in [5.41, 5.74) is 1.37. The van der Waals surface area contributed by atoms with Gasteiger partial charge in [-0.1, -0.05) is 18.2 Å². The molecule has 0 saturated heterocycles. The average molecular weight is 279 g/mol. The molecule has 0 aliphatic carbocycles. The Morgan fingerprint density at radius 1 is 1.30 bits per heavy atom. The van der Waals surface area contributed by atoms with Crippen LogP contribution >= 0.6 is 0 Å². The van der Waals surface area contributed by atoms with Crippen LogP contribution in [0.4, 0.5) is 0 Å². The zero-order valence-corrected chi connectivity index (χ0v) is 12.1. The second-order valence-electron chi connectivity index (χ2n) is 4.83. The number of ether oxygens (including phenoxy) is 1. The quantitative estimate of drug-likeness (QED) is 0.830. The van der Waals surface area contributed by atoms with Crippen LogP contribution in [0.5, 0.6) is 0 Å². The predicted octanol–water partition coefficient (Wildman–Crippen LogP) is 2.16. The van der Waals surface area contributed by atoms with E-state index in [0.717, 1.165) is 5.56 Å². The molecule has 1 rings (SSSR count). The summed E-state index contributed by atoms with van der Waals surface area (Å²) in [6.07, 6.45) is -0.0592.